The van der Waals surface area contributed by atoms with Gasteiger partial charge in [-0.05, 0) is 19.1 Å². The molecule has 4 aromatic rings. The number of aromatic nitrogens is 4. The van der Waals surface area contributed by atoms with Crippen LogP contribution in [-0.4, -0.2) is 34.0 Å². The molecule has 136 valence electrons. The number of ether oxygens (including phenoxy) is 2. The van der Waals surface area contributed by atoms with Crippen molar-refractivity contribution in [2.75, 3.05) is 14.2 Å². The molecule has 0 saturated heterocycles. The molecule has 0 aliphatic heterocycles. The lowest BCUT2D eigenvalue weighted by molar-refractivity contribution is 0.395. The molecule has 7 nitrogen and oxygen atoms in total. The van der Waals surface area contributed by atoms with E-state index in [9.17, 15) is 4.79 Å². The first-order valence-corrected chi connectivity index (χ1v) is 8.98. The van der Waals surface area contributed by atoms with E-state index in [0.29, 0.717) is 27.0 Å². The van der Waals surface area contributed by atoms with E-state index < -0.39 is 0 Å². The number of hydrogen-bond acceptors (Lipinski definition) is 7. The second-order valence-electron chi connectivity index (χ2n) is 5.89. The zero-order valence-corrected chi connectivity index (χ0v) is 15.8. The van der Waals surface area contributed by atoms with E-state index in [0.717, 1.165) is 11.1 Å². The summed E-state index contributed by atoms with van der Waals surface area (Å²) in [5, 5.41) is 13.4. The van der Waals surface area contributed by atoms with Crippen LogP contribution in [0.1, 0.15) is 5.56 Å². The van der Waals surface area contributed by atoms with Crippen LogP contribution in [0.15, 0.2) is 47.3 Å². The second kappa shape index (κ2) is 6.81. The fourth-order valence-electron chi connectivity index (χ4n) is 2.69. The van der Waals surface area contributed by atoms with Crippen LogP contribution in [0.4, 0.5) is 0 Å². The number of methoxy groups -OCH3 is 2. The Kier molecular flexibility index (Phi) is 4.33. The van der Waals surface area contributed by atoms with Gasteiger partial charge in [0.25, 0.3) is 0 Å². The molecule has 0 aliphatic carbocycles. The standard InChI is InChI=1S/C19H16N4O3S/c1-11-4-6-12(7-5-11)16-18(24)23-19(21-20-16)27-17(22-23)14-9-8-13(25-2)10-15(14)26-3/h4-10H,1-3H3. The third-order valence-corrected chi connectivity index (χ3v) is 5.09. The van der Waals surface area contributed by atoms with Gasteiger partial charge in [-0.2, -0.15) is 9.61 Å². The van der Waals surface area contributed by atoms with Crippen molar-refractivity contribution < 1.29 is 9.47 Å². The molecule has 0 atom stereocenters. The van der Waals surface area contributed by atoms with Crippen LogP contribution in [0.3, 0.4) is 0 Å². The van der Waals surface area contributed by atoms with Crippen molar-refractivity contribution in [1.29, 1.82) is 0 Å². The summed E-state index contributed by atoms with van der Waals surface area (Å²) in [7, 11) is 3.17. The van der Waals surface area contributed by atoms with Crippen molar-refractivity contribution in [2.24, 2.45) is 0 Å². The Morgan fingerprint density at radius 3 is 2.48 bits per heavy atom. The lowest BCUT2D eigenvalue weighted by Crippen LogP contribution is -2.19. The van der Waals surface area contributed by atoms with Gasteiger partial charge in [-0.25, -0.2) is 0 Å². The molecule has 0 aliphatic rings. The monoisotopic (exact) mass is 380 g/mol. The van der Waals surface area contributed by atoms with Gasteiger partial charge in [0.05, 0.1) is 19.8 Å². The normalized spacial score (nSPS) is 10.9. The van der Waals surface area contributed by atoms with Crippen LogP contribution in [0.2, 0.25) is 0 Å². The largest absolute Gasteiger partial charge is 0.497 e. The Hall–Kier alpha value is -3.26. The maximum Gasteiger partial charge on any atom is 0.302 e. The van der Waals surface area contributed by atoms with Crippen molar-refractivity contribution in [1.82, 2.24) is 19.8 Å². The van der Waals surface area contributed by atoms with Crippen molar-refractivity contribution in [3.8, 4) is 33.3 Å². The quantitative estimate of drug-likeness (QED) is 0.541. The van der Waals surface area contributed by atoms with Crippen molar-refractivity contribution >= 4 is 16.3 Å². The molecule has 0 radical (unpaired) electrons. The highest BCUT2D eigenvalue weighted by molar-refractivity contribution is 7.19. The van der Waals surface area contributed by atoms with Crippen molar-refractivity contribution in [3.63, 3.8) is 0 Å². The number of hydrogen-bond donors (Lipinski definition) is 0. The van der Waals surface area contributed by atoms with Gasteiger partial charge in [0.1, 0.15) is 11.5 Å². The summed E-state index contributed by atoms with van der Waals surface area (Å²) in [6, 6.07) is 13.0. The van der Waals surface area contributed by atoms with Gasteiger partial charge in [0, 0.05) is 11.6 Å². The van der Waals surface area contributed by atoms with Crippen molar-refractivity contribution in [3.05, 3.63) is 58.4 Å². The van der Waals surface area contributed by atoms with Crippen LogP contribution in [0.5, 0.6) is 11.5 Å². The molecule has 0 spiro atoms. The second-order valence-corrected chi connectivity index (χ2v) is 6.84. The molecule has 8 heteroatoms. The van der Waals surface area contributed by atoms with Gasteiger partial charge in [-0.1, -0.05) is 41.2 Å². The first-order chi connectivity index (χ1) is 13.1. The number of benzene rings is 2. The Morgan fingerprint density at radius 1 is 1.00 bits per heavy atom. The van der Waals surface area contributed by atoms with Gasteiger partial charge in [0.2, 0.25) is 4.96 Å². The lowest BCUT2D eigenvalue weighted by Gasteiger charge is -2.07. The van der Waals surface area contributed by atoms with E-state index in [1.807, 2.05) is 43.3 Å². The fourth-order valence-corrected chi connectivity index (χ4v) is 3.56. The highest BCUT2D eigenvalue weighted by Crippen LogP contribution is 2.35. The average molecular weight is 380 g/mol. The summed E-state index contributed by atoms with van der Waals surface area (Å²) in [5.41, 5.74) is 2.54. The molecule has 0 unspecified atom stereocenters. The van der Waals surface area contributed by atoms with Gasteiger partial charge in [-0.3, -0.25) is 4.79 Å². The van der Waals surface area contributed by atoms with Crippen LogP contribution >= 0.6 is 11.3 Å². The van der Waals surface area contributed by atoms with Gasteiger partial charge < -0.3 is 9.47 Å². The summed E-state index contributed by atoms with van der Waals surface area (Å²) in [6.45, 7) is 1.99. The van der Waals surface area contributed by atoms with Crippen LogP contribution in [-0.2, 0) is 0 Å². The topological polar surface area (TPSA) is 78.6 Å². The minimum atomic E-state index is -0.307. The molecule has 2 heterocycles. The van der Waals surface area contributed by atoms with E-state index in [4.69, 9.17) is 9.47 Å². The maximum atomic E-state index is 12.9. The molecule has 4 rings (SSSR count). The molecule has 27 heavy (non-hydrogen) atoms. The van der Waals surface area contributed by atoms with Crippen LogP contribution in [0.25, 0.3) is 26.8 Å². The van der Waals surface area contributed by atoms with E-state index in [2.05, 4.69) is 15.3 Å². The predicted molar refractivity (Wildman–Crippen MR) is 104 cm³/mol. The number of nitrogens with zero attached hydrogens (tertiary/aromatic N) is 4. The van der Waals surface area contributed by atoms with Gasteiger partial charge in [-0.15, -0.1) is 10.2 Å². The maximum absolute atomic E-state index is 12.9. The van der Waals surface area contributed by atoms with E-state index in [-0.39, 0.29) is 11.3 Å². The van der Waals surface area contributed by atoms with Crippen LogP contribution < -0.4 is 15.0 Å². The molecule has 0 fully saturated rings. The summed E-state index contributed by atoms with van der Waals surface area (Å²) < 4.78 is 11.9. The molecule has 2 aromatic heterocycles. The number of aryl methyl sites for hydroxylation is 1. The summed E-state index contributed by atoms with van der Waals surface area (Å²) >= 11 is 1.27. The molecule has 0 saturated carbocycles. The third-order valence-electron chi connectivity index (χ3n) is 4.15. The van der Waals surface area contributed by atoms with E-state index >= 15 is 0 Å². The molecular weight excluding hydrogens is 364 g/mol. The molecule has 0 bridgehead atoms. The minimum absolute atomic E-state index is 0.269. The van der Waals surface area contributed by atoms with Gasteiger partial charge in [0.15, 0.2) is 10.7 Å². The molecule has 0 amide bonds. The number of fused-ring (bicyclic) bond motifs is 1. The molecule has 0 N–H and O–H groups in total. The third kappa shape index (κ3) is 3.04. The Bertz CT molecular complexity index is 1180. The summed E-state index contributed by atoms with van der Waals surface area (Å²) in [4.78, 5) is 13.3. The molecule has 2 aromatic carbocycles. The minimum Gasteiger partial charge on any atom is -0.497 e. The lowest BCUT2D eigenvalue weighted by atomic mass is 10.1. The predicted octanol–water partition coefficient (Wildman–Crippen LogP) is 3.21. The van der Waals surface area contributed by atoms with Gasteiger partial charge >= 0.3 is 5.56 Å². The Balaban J connectivity index is 1.85. The smallest absolute Gasteiger partial charge is 0.302 e. The average Bonchev–Trinajstić information content (AvgIpc) is 3.13. The SMILES string of the molecule is COc1ccc(-c2nn3c(=O)c(-c4ccc(C)cc4)nnc3s2)c(OC)c1. The summed E-state index contributed by atoms with van der Waals surface area (Å²) in [5.74, 6) is 1.28. The zero-order valence-electron chi connectivity index (χ0n) is 15.0. The highest BCUT2D eigenvalue weighted by atomic mass is 32.1. The van der Waals surface area contributed by atoms with E-state index in [1.54, 1.807) is 20.3 Å². The van der Waals surface area contributed by atoms with Crippen LogP contribution in [0, 0.1) is 6.92 Å². The molecular formula is C19H16N4O3S. The van der Waals surface area contributed by atoms with Crippen molar-refractivity contribution in [2.45, 2.75) is 6.92 Å². The number of rotatable bonds is 4. The first kappa shape index (κ1) is 17.2. The Morgan fingerprint density at radius 2 is 1.78 bits per heavy atom. The summed E-state index contributed by atoms with van der Waals surface area (Å²) in [6.07, 6.45) is 0. The highest BCUT2D eigenvalue weighted by Gasteiger charge is 2.17. The van der Waals surface area contributed by atoms with E-state index in [1.165, 1.54) is 15.9 Å². The first-order valence-electron chi connectivity index (χ1n) is 8.16. The zero-order chi connectivity index (χ0) is 19.0. The Labute approximate surface area is 158 Å². The fraction of sp³-hybridized carbons (Fsp3) is 0.158.